The summed E-state index contributed by atoms with van der Waals surface area (Å²) < 4.78 is 0. The van der Waals surface area contributed by atoms with Gasteiger partial charge >= 0.3 is 5.97 Å². The number of carbonyl (C=O) groups excluding carboxylic acids is 10. The van der Waals surface area contributed by atoms with Gasteiger partial charge in [0.05, 0.1) is 24.9 Å². The van der Waals surface area contributed by atoms with Crippen LogP contribution in [0.1, 0.15) is 81.5 Å². The SMILES string of the molecule is C[C@@H](O)[C@H](NC(=O)[C@H](Cc1ccccc1)NC(=O)[C@H](CCC(N)=O)NC(=O)[C@@H](N)Cc1cnc[nH]1)C(=O)N[C@@H](CS)C(=O)N[C@@H](CCCCN)C(=O)N[C@@H](CC(N)=O)C(=O)N[C@@H](CCCCN)C(=O)N[C@@H](Cc1ccccc1)C(=O)O. The van der Waals surface area contributed by atoms with Gasteiger partial charge in [0.2, 0.25) is 59.1 Å². The van der Waals surface area contributed by atoms with E-state index < -0.39 is 138 Å². The van der Waals surface area contributed by atoms with Crippen molar-refractivity contribution >= 4 is 77.7 Å². The maximum absolute atomic E-state index is 14.2. The second-order valence-electron chi connectivity index (χ2n) is 19.2. The zero-order valence-electron chi connectivity index (χ0n) is 45.0. The molecule has 28 nitrogen and oxygen atoms in total. The third kappa shape index (κ3) is 24.5. The highest BCUT2D eigenvalue weighted by Crippen LogP contribution is 2.11. The van der Waals surface area contributed by atoms with E-state index in [1.807, 2.05) is 0 Å². The molecule has 3 rings (SSSR count). The average Bonchev–Trinajstić information content (AvgIpc) is 3.96. The molecule has 2 aromatic carbocycles. The van der Waals surface area contributed by atoms with Gasteiger partial charge in [0.15, 0.2) is 0 Å². The molecule has 0 saturated carbocycles. The number of amides is 10. The van der Waals surface area contributed by atoms with Gasteiger partial charge in [-0.3, -0.25) is 47.9 Å². The number of benzene rings is 2. The number of aliphatic hydroxyl groups excluding tert-OH is 1. The summed E-state index contributed by atoms with van der Waals surface area (Å²) >= 11 is 4.23. The number of hydrogen-bond donors (Lipinski definition) is 17. The van der Waals surface area contributed by atoms with Crippen LogP contribution in [0.3, 0.4) is 0 Å². The molecule has 0 aliphatic rings. The first-order chi connectivity index (χ1) is 38.6. The first-order valence-electron chi connectivity index (χ1n) is 26.3. The van der Waals surface area contributed by atoms with E-state index in [0.717, 1.165) is 6.92 Å². The fourth-order valence-electron chi connectivity index (χ4n) is 8.08. The number of primary amides is 2. The Balaban J connectivity index is 1.82. The number of H-pyrrole nitrogens is 1. The molecule has 1 heterocycles. The first-order valence-corrected chi connectivity index (χ1v) is 26.9. The highest BCUT2D eigenvalue weighted by atomic mass is 32.1. The van der Waals surface area contributed by atoms with E-state index in [1.54, 1.807) is 60.7 Å². The van der Waals surface area contributed by atoms with Crippen molar-refractivity contribution < 1.29 is 63.0 Å². The zero-order valence-corrected chi connectivity index (χ0v) is 45.9. The highest BCUT2D eigenvalue weighted by molar-refractivity contribution is 7.80. The van der Waals surface area contributed by atoms with Crippen molar-refractivity contribution in [2.24, 2.45) is 28.7 Å². The summed E-state index contributed by atoms with van der Waals surface area (Å²) in [4.78, 5) is 154. The molecule has 0 radical (unpaired) electrons. The summed E-state index contributed by atoms with van der Waals surface area (Å²) in [6.45, 7) is 1.58. The van der Waals surface area contributed by atoms with E-state index in [0.29, 0.717) is 36.1 Å². The van der Waals surface area contributed by atoms with E-state index >= 15 is 0 Å². The molecule has 0 unspecified atom stereocenters. The number of carboxylic acids is 1. The Bertz CT molecular complexity index is 2550. The Labute approximate surface area is 473 Å². The van der Waals surface area contributed by atoms with Gasteiger partial charge in [-0.05, 0) is 76.1 Å². The lowest BCUT2D eigenvalue weighted by Crippen LogP contribution is -2.62. The number of rotatable bonds is 38. The van der Waals surface area contributed by atoms with Crippen LogP contribution in [0.15, 0.2) is 73.2 Å². The third-order valence-electron chi connectivity index (χ3n) is 12.5. The molecular weight excluding hydrogens is 1070 g/mol. The lowest BCUT2D eigenvalue weighted by molar-refractivity contribution is -0.142. The Kier molecular flexibility index (Phi) is 29.6. The van der Waals surface area contributed by atoms with E-state index in [1.165, 1.54) is 12.5 Å². The van der Waals surface area contributed by atoms with E-state index in [2.05, 4.69) is 65.1 Å². The van der Waals surface area contributed by atoms with Crippen molar-refractivity contribution in [1.82, 2.24) is 52.5 Å². The van der Waals surface area contributed by atoms with Crippen molar-refractivity contribution in [2.45, 2.75) is 144 Å². The number of hydrogen-bond acceptors (Lipinski definition) is 17. The normalized spacial score (nSPS) is 14.7. The zero-order chi connectivity index (χ0) is 60.0. The molecule has 1 aromatic heterocycles. The lowest BCUT2D eigenvalue weighted by atomic mass is 10.0. The van der Waals surface area contributed by atoms with Gasteiger partial charge in [-0.15, -0.1) is 0 Å². The Morgan fingerprint density at radius 3 is 1.43 bits per heavy atom. The predicted octanol–water partition coefficient (Wildman–Crippen LogP) is -4.56. The monoisotopic (exact) mass is 1150 g/mol. The molecule has 0 aliphatic carbocycles. The number of nitrogens with two attached hydrogens (primary N) is 5. The van der Waals surface area contributed by atoms with Gasteiger partial charge in [0.25, 0.3) is 0 Å². The maximum Gasteiger partial charge on any atom is 0.326 e. The van der Waals surface area contributed by atoms with E-state index in [-0.39, 0.29) is 64.5 Å². The number of aromatic nitrogens is 2. The molecule has 0 aliphatic heterocycles. The molecule has 3 aromatic rings. The number of imidazole rings is 1. The topological polar surface area (TPSA) is 483 Å². The summed E-state index contributed by atoms with van der Waals surface area (Å²) in [7, 11) is 0. The van der Waals surface area contributed by atoms with E-state index in [9.17, 15) is 63.0 Å². The second-order valence-corrected chi connectivity index (χ2v) is 19.6. The van der Waals surface area contributed by atoms with Gasteiger partial charge in [0.1, 0.15) is 48.3 Å². The predicted molar refractivity (Wildman–Crippen MR) is 297 cm³/mol. The van der Waals surface area contributed by atoms with Crippen molar-refractivity contribution in [1.29, 1.82) is 0 Å². The molecule has 0 spiro atoms. The minimum absolute atomic E-state index is 0.00954. The van der Waals surface area contributed by atoms with Gasteiger partial charge in [0, 0.05) is 43.3 Å². The second kappa shape index (κ2) is 35.6. The van der Waals surface area contributed by atoms with Crippen LogP contribution in [0.4, 0.5) is 0 Å². The molecule has 29 heteroatoms. The van der Waals surface area contributed by atoms with Crippen LogP contribution >= 0.6 is 12.6 Å². The van der Waals surface area contributed by atoms with Crippen LogP contribution in [0.5, 0.6) is 0 Å². The number of thiol groups is 1. The van der Waals surface area contributed by atoms with Crippen LogP contribution in [0.25, 0.3) is 0 Å². The van der Waals surface area contributed by atoms with Crippen LogP contribution < -0.4 is 71.2 Å². The third-order valence-corrected chi connectivity index (χ3v) is 12.9. The minimum atomic E-state index is -1.80. The minimum Gasteiger partial charge on any atom is -0.480 e. The molecule has 10 atom stereocenters. The molecule has 21 N–H and O–H groups in total. The molecule has 0 bridgehead atoms. The van der Waals surface area contributed by atoms with Crippen LogP contribution in [0.2, 0.25) is 0 Å². The fourth-order valence-corrected chi connectivity index (χ4v) is 8.34. The molecule has 0 saturated heterocycles. The summed E-state index contributed by atoms with van der Waals surface area (Å²) in [6.07, 6.45) is 0.721. The number of carbonyl (C=O) groups is 11. The number of aromatic amines is 1. The molecule has 81 heavy (non-hydrogen) atoms. The Morgan fingerprint density at radius 2 is 0.975 bits per heavy atom. The van der Waals surface area contributed by atoms with Crippen LogP contribution in [-0.4, -0.2) is 165 Å². The van der Waals surface area contributed by atoms with Gasteiger partial charge in [-0.1, -0.05) is 60.7 Å². The smallest absolute Gasteiger partial charge is 0.326 e. The number of carboxylic acid groups (broad SMARTS) is 1. The maximum atomic E-state index is 14.2. The molecule has 10 amide bonds. The summed E-state index contributed by atoms with van der Waals surface area (Å²) in [5.41, 5.74) is 30.0. The molecule has 444 valence electrons. The lowest BCUT2D eigenvalue weighted by Gasteiger charge is -2.28. The summed E-state index contributed by atoms with van der Waals surface area (Å²) in [5, 5.41) is 40.5. The van der Waals surface area contributed by atoms with Crippen molar-refractivity contribution in [3.63, 3.8) is 0 Å². The Hall–Kier alpha value is -7.99. The molecule has 0 fully saturated rings. The summed E-state index contributed by atoms with van der Waals surface area (Å²) in [5.74, 6) is -11.3. The standard InChI is InChI=1S/C52H77N15O13S/c1-29(68)43(67-49(76)37(22-30-12-4-2-5-13-30)63-47(74)36(18-19-41(56)69)60-44(71)33(55)24-32-26-58-28-59-32)51(78)66-40(27-81)50(77)62-34(16-8-10-20-53)45(72)64-38(25-42(57)70)48(75)61-35(17-9-11-21-54)46(73)65-39(52(79)80)23-31-14-6-3-7-15-31/h2-7,12-15,26,28-29,33-40,43,68,81H,8-11,16-25,27,53-55H2,1H3,(H2,56,69)(H2,57,70)(H,58,59)(H,60,71)(H,61,75)(H,62,77)(H,63,74)(H,64,72)(H,65,73)(H,66,78)(H,67,76)(H,79,80)/t29-,33+,34+,35+,36+,37+,38+,39+,40+,43+/m1/s1. The molecular formula is C52H77N15O13S. The summed E-state index contributed by atoms with van der Waals surface area (Å²) in [6, 6.07) is 3.39. The van der Waals surface area contributed by atoms with E-state index in [4.69, 9.17) is 28.7 Å². The van der Waals surface area contributed by atoms with Gasteiger partial charge in [-0.25, -0.2) is 9.78 Å². The fraction of sp³-hybridized carbons (Fsp3) is 0.500. The number of unbranched alkanes of at least 4 members (excludes halogenated alkanes) is 2. The van der Waals surface area contributed by atoms with Crippen LogP contribution in [-0.2, 0) is 72.0 Å². The van der Waals surface area contributed by atoms with Gasteiger partial charge < -0.3 is 86.4 Å². The van der Waals surface area contributed by atoms with Crippen molar-refractivity contribution in [2.75, 3.05) is 18.8 Å². The van der Waals surface area contributed by atoms with Crippen molar-refractivity contribution in [3.05, 3.63) is 90.0 Å². The quantitative estimate of drug-likeness (QED) is 0.0190. The largest absolute Gasteiger partial charge is 0.480 e. The average molecular weight is 1150 g/mol. The number of nitrogens with zero attached hydrogens (tertiary/aromatic N) is 1. The number of aliphatic carboxylic acids is 1. The Morgan fingerprint density at radius 1 is 0.543 bits per heavy atom. The number of nitrogens with one attached hydrogen (secondary N) is 9. The highest BCUT2D eigenvalue weighted by Gasteiger charge is 2.36. The van der Waals surface area contributed by atoms with Crippen molar-refractivity contribution in [3.8, 4) is 0 Å². The first kappa shape index (κ1) is 67.3. The van der Waals surface area contributed by atoms with Crippen LogP contribution in [0, 0.1) is 0 Å². The number of aliphatic hydroxyl groups is 1. The van der Waals surface area contributed by atoms with Gasteiger partial charge in [-0.2, -0.15) is 12.6 Å².